The number of amides is 1. The van der Waals surface area contributed by atoms with E-state index in [9.17, 15) is 18.8 Å². The van der Waals surface area contributed by atoms with E-state index in [1.807, 2.05) is 0 Å². The molecule has 1 fully saturated rings. The second-order valence-corrected chi connectivity index (χ2v) is 7.75. The molecule has 3 heterocycles. The first-order valence-corrected chi connectivity index (χ1v) is 10.1. The molecule has 8 nitrogen and oxygen atoms in total. The molecule has 0 N–H and O–H groups in total. The molecule has 1 atom stereocenters. The fourth-order valence-electron chi connectivity index (χ4n) is 3.92. The van der Waals surface area contributed by atoms with Gasteiger partial charge in [-0.15, -0.1) is 0 Å². The molecule has 0 saturated carbocycles. The van der Waals surface area contributed by atoms with Gasteiger partial charge in [-0.1, -0.05) is 12.1 Å². The highest BCUT2D eigenvalue weighted by molar-refractivity contribution is 5.92. The first-order valence-electron chi connectivity index (χ1n) is 10.1. The number of hydrogen-bond donors (Lipinski definition) is 0. The van der Waals surface area contributed by atoms with E-state index in [0.717, 1.165) is 23.0 Å². The first kappa shape index (κ1) is 20.8. The van der Waals surface area contributed by atoms with Gasteiger partial charge in [0.05, 0.1) is 6.20 Å². The smallest absolute Gasteiger partial charge is 0.331 e. The first-order chi connectivity index (χ1) is 14.8. The van der Waals surface area contributed by atoms with Gasteiger partial charge in [0.25, 0.3) is 11.5 Å². The number of benzene rings is 1. The maximum atomic E-state index is 13.4. The average Bonchev–Trinajstić information content (AvgIpc) is 3.22. The summed E-state index contributed by atoms with van der Waals surface area (Å²) in [6, 6.07) is 7.04. The van der Waals surface area contributed by atoms with Gasteiger partial charge in [-0.05, 0) is 37.0 Å². The molecule has 3 aromatic rings. The zero-order chi connectivity index (χ0) is 22.1. The average molecular weight is 426 g/mol. The van der Waals surface area contributed by atoms with E-state index in [4.69, 9.17) is 4.42 Å². The Balaban J connectivity index is 1.61. The number of carbonyl (C=O) groups is 1. The van der Waals surface area contributed by atoms with Gasteiger partial charge in [-0.3, -0.25) is 18.7 Å². The van der Waals surface area contributed by atoms with Gasteiger partial charge in [0, 0.05) is 33.1 Å². The van der Waals surface area contributed by atoms with Crippen molar-refractivity contribution in [3.63, 3.8) is 0 Å². The molecule has 2 aromatic heterocycles. The number of nitrogens with zero attached hydrogens (tertiary/aromatic N) is 4. The summed E-state index contributed by atoms with van der Waals surface area (Å²) in [5.74, 6) is 0.237. The van der Waals surface area contributed by atoms with E-state index in [-0.39, 0.29) is 11.5 Å². The largest absolute Gasteiger partial charge is 0.443 e. The Kier molecular flexibility index (Phi) is 5.58. The SMILES string of the molecule is Cn1c(C(=O)N2CCCC[C@H]2c2ncc(Cc3cccc(F)c3)o2)cc(=O)n(C)c1=O. The van der Waals surface area contributed by atoms with Gasteiger partial charge >= 0.3 is 5.69 Å². The van der Waals surface area contributed by atoms with E-state index in [1.165, 1.54) is 36.9 Å². The Hall–Kier alpha value is -3.49. The van der Waals surface area contributed by atoms with Crippen LogP contribution in [0.15, 0.2) is 50.5 Å². The predicted molar refractivity (Wildman–Crippen MR) is 110 cm³/mol. The maximum absolute atomic E-state index is 13.4. The van der Waals surface area contributed by atoms with Crippen LogP contribution in [0, 0.1) is 5.82 Å². The summed E-state index contributed by atoms with van der Waals surface area (Å²) in [5, 5.41) is 0. The molecule has 162 valence electrons. The molecule has 1 aromatic carbocycles. The molecule has 4 rings (SSSR count). The number of carbonyl (C=O) groups excluding carboxylic acids is 1. The second kappa shape index (κ2) is 8.33. The van der Waals surface area contributed by atoms with Crippen LogP contribution in [-0.2, 0) is 20.5 Å². The third kappa shape index (κ3) is 4.08. The Bertz CT molecular complexity index is 1240. The van der Waals surface area contributed by atoms with E-state index >= 15 is 0 Å². The lowest BCUT2D eigenvalue weighted by Crippen LogP contribution is -2.44. The van der Waals surface area contributed by atoms with Crippen molar-refractivity contribution in [3.05, 3.63) is 86.1 Å². The van der Waals surface area contributed by atoms with Crippen molar-refractivity contribution in [2.45, 2.75) is 31.7 Å². The van der Waals surface area contributed by atoms with E-state index < -0.39 is 23.2 Å². The highest BCUT2D eigenvalue weighted by Gasteiger charge is 2.33. The molecule has 1 amide bonds. The zero-order valence-corrected chi connectivity index (χ0v) is 17.4. The predicted octanol–water partition coefficient (Wildman–Crippen LogP) is 2.17. The van der Waals surface area contributed by atoms with Crippen molar-refractivity contribution >= 4 is 5.91 Å². The van der Waals surface area contributed by atoms with Crippen LogP contribution in [0.1, 0.15) is 53.0 Å². The van der Waals surface area contributed by atoms with Gasteiger partial charge in [0.1, 0.15) is 23.3 Å². The minimum absolute atomic E-state index is 0.0338. The van der Waals surface area contributed by atoms with Crippen LogP contribution in [0.4, 0.5) is 4.39 Å². The topological polar surface area (TPSA) is 90.3 Å². The monoisotopic (exact) mass is 426 g/mol. The zero-order valence-electron chi connectivity index (χ0n) is 17.4. The van der Waals surface area contributed by atoms with Crippen LogP contribution < -0.4 is 11.2 Å². The minimum Gasteiger partial charge on any atom is -0.443 e. The van der Waals surface area contributed by atoms with E-state index in [0.29, 0.717) is 31.0 Å². The Labute approximate surface area is 177 Å². The molecule has 9 heteroatoms. The number of rotatable bonds is 4. The van der Waals surface area contributed by atoms with Crippen molar-refractivity contribution in [1.29, 1.82) is 0 Å². The van der Waals surface area contributed by atoms with Crippen molar-refractivity contribution in [2.75, 3.05) is 6.54 Å². The van der Waals surface area contributed by atoms with Crippen molar-refractivity contribution in [2.24, 2.45) is 14.1 Å². The normalized spacial score (nSPS) is 16.5. The summed E-state index contributed by atoms with van der Waals surface area (Å²) in [6.07, 6.45) is 4.33. The molecule has 0 unspecified atom stereocenters. The van der Waals surface area contributed by atoms with Crippen molar-refractivity contribution in [1.82, 2.24) is 19.0 Å². The summed E-state index contributed by atoms with van der Waals surface area (Å²) in [5.41, 5.74) is -0.299. The van der Waals surface area contributed by atoms with Gasteiger partial charge < -0.3 is 9.32 Å². The standard InChI is InChI=1S/C22H23FN4O4/c1-25-18(12-19(28)26(2)22(25)30)21(29)27-9-4-3-8-17(27)20-24-13-16(31-20)11-14-6-5-7-15(23)10-14/h5-7,10,12-13,17H,3-4,8-9,11H2,1-2H3/t17-/m0/s1. The molecular weight excluding hydrogens is 403 g/mol. The lowest BCUT2D eigenvalue weighted by molar-refractivity contribution is 0.0557. The fraction of sp³-hybridized carbons (Fsp3) is 0.364. The van der Waals surface area contributed by atoms with Crippen LogP contribution in [0.2, 0.25) is 0 Å². The summed E-state index contributed by atoms with van der Waals surface area (Å²) < 4.78 is 21.5. The number of halogens is 1. The van der Waals surface area contributed by atoms with Crippen molar-refractivity contribution < 1.29 is 13.6 Å². The number of oxazole rings is 1. The van der Waals surface area contributed by atoms with Crippen molar-refractivity contribution in [3.8, 4) is 0 Å². The van der Waals surface area contributed by atoms with Gasteiger partial charge in [0.15, 0.2) is 0 Å². The highest BCUT2D eigenvalue weighted by Crippen LogP contribution is 2.32. The summed E-state index contributed by atoms with van der Waals surface area (Å²) in [4.78, 5) is 43.6. The quantitative estimate of drug-likeness (QED) is 0.638. The highest BCUT2D eigenvalue weighted by atomic mass is 19.1. The van der Waals surface area contributed by atoms with Crippen LogP contribution >= 0.6 is 0 Å². The lowest BCUT2D eigenvalue weighted by Gasteiger charge is -2.34. The molecule has 1 aliphatic rings. The van der Waals surface area contributed by atoms with Crippen LogP contribution in [0.3, 0.4) is 0 Å². The molecule has 0 bridgehead atoms. The maximum Gasteiger partial charge on any atom is 0.331 e. The van der Waals surface area contributed by atoms with Gasteiger partial charge in [0.2, 0.25) is 5.89 Å². The van der Waals surface area contributed by atoms with Crippen LogP contribution in [-0.4, -0.2) is 31.5 Å². The Morgan fingerprint density at radius 3 is 2.77 bits per heavy atom. The third-order valence-corrected chi connectivity index (χ3v) is 5.63. The fourth-order valence-corrected chi connectivity index (χ4v) is 3.92. The summed E-state index contributed by atoms with van der Waals surface area (Å²) in [6.45, 7) is 0.467. The second-order valence-electron chi connectivity index (χ2n) is 7.75. The number of piperidine rings is 1. The Morgan fingerprint density at radius 1 is 1.19 bits per heavy atom. The molecule has 0 spiro atoms. The summed E-state index contributed by atoms with van der Waals surface area (Å²) in [7, 11) is 2.84. The van der Waals surface area contributed by atoms with Crippen LogP contribution in [0.5, 0.6) is 0 Å². The summed E-state index contributed by atoms with van der Waals surface area (Å²) >= 11 is 0. The lowest BCUT2D eigenvalue weighted by atomic mass is 10.0. The van der Waals surface area contributed by atoms with E-state index in [1.54, 1.807) is 23.2 Å². The number of aromatic nitrogens is 3. The molecule has 1 saturated heterocycles. The Morgan fingerprint density at radius 2 is 2.00 bits per heavy atom. The van der Waals surface area contributed by atoms with E-state index in [2.05, 4.69) is 4.98 Å². The molecule has 31 heavy (non-hydrogen) atoms. The molecule has 1 aliphatic heterocycles. The third-order valence-electron chi connectivity index (χ3n) is 5.63. The van der Waals surface area contributed by atoms with Gasteiger partial charge in [-0.25, -0.2) is 14.2 Å². The minimum atomic E-state index is -0.557. The molecule has 0 aliphatic carbocycles. The number of hydrogen-bond acceptors (Lipinski definition) is 5. The number of likely N-dealkylation sites (tertiary alicyclic amines) is 1. The molecular formula is C22H23FN4O4. The van der Waals surface area contributed by atoms with Gasteiger partial charge in [-0.2, -0.15) is 0 Å². The van der Waals surface area contributed by atoms with Crippen LogP contribution in [0.25, 0.3) is 0 Å². The molecule has 0 radical (unpaired) electrons.